The molecule has 2 rings (SSSR count). The van der Waals surface area contributed by atoms with Crippen molar-refractivity contribution in [1.82, 2.24) is 4.90 Å². The molecule has 0 bridgehead atoms. The van der Waals surface area contributed by atoms with Crippen molar-refractivity contribution in [2.45, 2.75) is 38.6 Å². The monoisotopic (exact) mass is 291 g/mol. The zero-order chi connectivity index (χ0) is 15.2. The summed E-state index contributed by atoms with van der Waals surface area (Å²) in [5.74, 6) is 0.794. The van der Waals surface area contributed by atoms with Crippen molar-refractivity contribution in [2.75, 3.05) is 20.2 Å². The lowest BCUT2D eigenvalue weighted by Crippen LogP contribution is -2.32. The van der Waals surface area contributed by atoms with Crippen molar-refractivity contribution in [1.29, 1.82) is 0 Å². The van der Waals surface area contributed by atoms with Gasteiger partial charge >= 0.3 is 5.97 Å². The summed E-state index contributed by atoms with van der Waals surface area (Å²) in [5.41, 5.74) is 1.24. The molecule has 2 atom stereocenters. The molecule has 0 amide bonds. The van der Waals surface area contributed by atoms with Gasteiger partial charge in [0.05, 0.1) is 7.11 Å². The summed E-state index contributed by atoms with van der Waals surface area (Å²) in [6.45, 7) is 4.33. The lowest BCUT2D eigenvalue weighted by molar-refractivity contribution is -0.137. The SMILES string of the molecule is COc1ccccc1CC(C)N1CCC(CCC(=O)O)C1. The number of ether oxygens (including phenoxy) is 1. The molecule has 1 aromatic rings. The molecule has 0 saturated carbocycles. The Hall–Kier alpha value is -1.55. The predicted octanol–water partition coefficient (Wildman–Crippen LogP) is 2.81. The Morgan fingerprint density at radius 1 is 1.48 bits per heavy atom. The first-order valence-electron chi connectivity index (χ1n) is 7.68. The van der Waals surface area contributed by atoms with Gasteiger partial charge in [-0.1, -0.05) is 18.2 Å². The summed E-state index contributed by atoms with van der Waals surface area (Å²) in [4.78, 5) is 13.1. The number of hydrogen-bond donors (Lipinski definition) is 1. The van der Waals surface area contributed by atoms with E-state index in [1.165, 1.54) is 5.56 Å². The molecule has 1 aliphatic heterocycles. The molecular weight excluding hydrogens is 266 g/mol. The minimum Gasteiger partial charge on any atom is -0.496 e. The molecule has 0 spiro atoms. The number of nitrogens with zero attached hydrogens (tertiary/aromatic N) is 1. The maximum Gasteiger partial charge on any atom is 0.303 e. The van der Waals surface area contributed by atoms with Crippen LogP contribution in [0.1, 0.15) is 31.7 Å². The Bertz CT molecular complexity index is 475. The van der Waals surface area contributed by atoms with Crippen LogP contribution in [-0.4, -0.2) is 42.2 Å². The number of para-hydroxylation sites is 1. The van der Waals surface area contributed by atoms with E-state index in [0.717, 1.165) is 38.1 Å². The van der Waals surface area contributed by atoms with Crippen LogP contribution in [0.5, 0.6) is 5.75 Å². The van der Waals surface area contributed by atoms with E-state index in [2.05, 4.69) is 17.9 Å². The molecule has 0 aromatic heterocycles. The third-order valence-electron chi connectivity index (χ3n) is 4.41. The van der Waals surface area contributed by atoms with E-state index in [-0.39, 0.29) is 0 Å². The lowest BCUT2D eigenvalue weighted by Gasteiger charge is -2.25. The first-order valence-corrected chi connectivity index (χ1v) is 7.68. The third kappa shape index (κ3) is 4.46. The highest BCUT2D eigenvalue weighted by Crippen LogP contribution is 2.26. The third-order valence-corrected chi connectivity index (χ3v) is 4.41. The maximum atomic E-state index is 10.7. The molecule has 2 unspecified atom stereocenters. The van der Waals surface area contributed by atoms with Crippen LogP contribution in [0.2, 0.25) is 0 Å². The van der Waals surface area contributed by atoms with Gasteiger partial charge in [-0.3, -0.25) is 4.79 Å². The highest BCUT2D eigenvalue weighted by molar-refractivity contribution is 5.66. The molecule has 1 heterocycles. The molecule has 4 heteroatoms. The van der Waals surface area contributed by atoms with Crippen LogP contribution in [0, 0.1) is 5.92 Å². The van der Waals surface area contributed by atoms with E-state index in [0.29, 0.717) is 18.4 Å². The first-order chi connectivity index (χ1) is 10.1. The number of carboxylic acids is 1. The largest absolute Gasteiger partial charge is 0.496 e. The fraction of sp³-hybridized carbons (Fsp3) is 0.588. The van der Waals surface area contributed by atoms with E-state index >= 15 is 0 Å². The van der Waals surface area contributed by atoms with Crippen molar-refractivity contribution in [2.24, 2.45) is 5.92 Å². The Labute approximate surface area is 126 Å². The Kier molecular flexibility index (Phi) is 5.62. The standard InChI is InChI=1S/C17H25NO3/c1-13(11-15-5-3-4-6-16(15)21-2)18-10-9-14(12-18)7-8-17(19)20/h3-6,13-14H,7-12H2,1-2H3,(H,19,20). The highest BCUT2D eigenvalue weighted by Gasteiger charge is 2.26. The average molecular weight is 291 g/mol. The van der Waals surface area contributed by atoms with E-state index in [4.69, 9.17) is 9.84 Å². The molecule has 0 radical (unpaired) electrons. The Morgan fingerprint density at radius 3 is 2.95 bits per heavy atom. The molecule has 1 aliphatic rings. The van der Waals surface area contributed by atoms with Gasteiger partial charge < -0.3 is 14.7 Å². The Balaban J connectivity index is 1.87. The van der Waals surface area contributed by atoms with Gasteiger partial charge in [-0.05, 0) is 50.3 Å². The molecule has 1 aromatic carbocycles. The second-order valence-corrected chi connectivity index (χ2v) is 5.95. The second kappa shape index (κ2) is 7.46. The average Bonchev–Trinajstić information content (AvgIpc) is 2.94. The van der Waals surface area contributed by atoms with Gasteiger partial charge in [0, 0.05) is 19.0 Å². The van der Waals surface area contributed by atoms with Gasteiger partial charge in [0.1, 0.15) is 5.75 Å². The van der Waals surface area contributed by atoms with Crippen LogP contribution in [-0.2, 0) is 11.2 Å². The normalized spacial score (nSPS) is 20.4. The number of likely N-dealkylation sites (tertiary alicyclic amines) is 1. The van der Waals surface area contributed by atoms with E-state index in [1.54, 1.807) is 7.11 Å². The zero-order valence-electron chi connectivity index (χ0n) is 12.9. The van der Waals surface area contributed by atoms with Crippen molar-refractivity contribution < 1.29 is 14.6 Å². The molecule has 1 fully saturated rings. The number of hydrogen-bond acceptors (Lipinski definition) is 3. The number of aliphatic carboxylic acids is 1. The van der Waals surface area contributed by atoms with Crippen LogP contribution >= 0.6 is 0 Å². The van der Waals surface area contributed by atoms with Crippen LogP contribution in [0.4, 0.5) is 0 Å². The summed E-state index contributed by atoms with van der Waals surface area (Å²) in [5, 5.41) is 8.77. The molecule has 21 heavy (non-hydrogen) atoms. The Morgan fingerprint density at radius 2 is 2.24 bits per heavy atom. The molecule has 1 N–H and O–H groups in total. The smallest absolute Gasteiger partial charge is 0.303 e. The number of benzene rings is 1. The van der Waals surface area contributed by atoms with Crippen LogP contribution in [0.3, 0.4) is 0 Å². The van der Waals surface area contributed by atoms with Crippen molar-refractivity contribution >= 4 is 5.97 Å². The summed E-state index contributed by atoms with van der Waals surface area (Å²) in [6.07, 6.45) is 3.17. The predicted molar refractivity (Wildman–Crippen MR) is 82.7 cm³/mol. The van der Waals surface area contributed by atoms with E-state index in [9.17, 15) is 4.79 Å². The van der Waals surface area contributed by atoms with Crippen LogP contribution in [0.25, 0.3) is 0 Å². The van der Waals surface area contributed by atoms with E-state index in [1.807, 2.05) is 18.2 Å². The van der Waals surface area contributed by atoms with Gasteiger partial charge in [0.15, 0.2) is 0 Å². The minimum atomic E-state index is -0.685. The summed E-state index contributed by atoms with van der Waals surface area (Å²) >= 11 is 0. The van der Waals surface area contributed by atoms with Gasteiger partial charge in [-0.2, -0.15) is 0 Å². The van der Waals surface area contributed by atoms with Crippen LogP contribution < -0.4 is 4.74 Å². The number of carbonyl (C=O) groups is 1. The topological polar surface area (TPSA) is 49.8 Å². The number of methoxy groups -OCH3 is 1. The van der Waals surface area contributed by atoms with Crippen LogP contribution in [0.15, 0.2) is 24.3 Å². The minimum absolute atomic E-state index is 0.291. The van der Waals surface area contributed by atoms with Crippen molar-refractivity contribution in [3.05, 3.63) is 29.8 Å². The van der Waals surface area contributed by atoms with Gasteiger partial charge in [-0.25, -0.2) is 0 Å². The van der Waals surface area contributed by atoms with Gasteiger partial charge in [0.25, 0.3) is 0 Å². The van der Waals surface area contributed by atoms with E-state index < -0.39 is 5.97 Å². The maximum absolute atomic E-state index is 10.7. The second-order valence-electron chi connectivity index (χ2n) is 5.95. The number of carboxylic acid groups (broad SMARTS) is 1. The molecule has 1 saturated heterocycles. The first kappa shape index (κ1) is 15.8. The molecule has 0 aliphatic carbocycles. The summed E-state index contributed by atoms with van der Waals surface area (Å²) in [6, 6.07) is 8.61. The van der Waals surface area contributed by atoms with Crippen molar-refractivity contribution in [3.8, 4) is 5.75 Å². The van der Waals surface area contributed by atoms with Gasteiger partial charge in [0.2, 0.25) is 0 Å². The fourth-order valence-corrected chi connectivity index (χ4v) is 3.15. The molecular formula is C17H25NO3. The van der Waals surface area contributed by atoms with Crippen molar-refractivity contribution in [3.63, 3.8) is 0 Å². The summed E-state index contributed by atoms with van der Waals surface area (Å²) in [7, 11) is 1.71. The zero-order valence-corrected chi connectivity index (χ0v) is 12.9. The molecule has 116 valence electrons. The summed E-state index contributed by atoms with van der Waals surface area (Å²) < 4.78 is 5.41. The molecule has 4 nitrogen and oxygen atoms in total. The lowest BCUT2D eigenvalue weighted by atomic mass is 10.0. The fourth-order valence-electron chi connectivity index (χ4n) is 3.15. The quantitative estimate of drug-likeness (QED) is 0.839. The highest BCUT2D eigenvalue weighted by atomic mass is 16.5. The number of rotatable bonds is 7. The van der Waals surface area contributed by atoms with Gasteiger partial charge in [-0.15, -0.1) is 0 Å².